The molecule has 0 spiro atoms. The maximum Gasteiger partial charge on any atom is 0.341 e. The van der Waals surface area contributed by atoms with Crippen LogP contribution in [0.3, 0.4) is 0 Å². The second kappa shape index (κ2) is 5.64. The number of aromatic nitrogens is 3. The van der Waals surface area contributed by atoms with Crippen LogP contribution in [-0.2, 0) is 0 Å². The van der Waals surface area contributed by atoms with Crippen LogP contribution in [0.5, 0.6) is 0 Å². The van der Waals surface area contributed by atoms with Crippen LogP contribution in [0.1, 0.15) is 54.7 Å². The van der Waals surface area contributed by atoms with Crippen molar-refractivity contribution in [2.75, 3.05) is 5.73 Å². The summed E-state index contributed by atoms with van der Waals surface area (Å²) < 4.78 is 1.52. The Hall–Kier alpha value is -2.44. The molecule has 0 atom stereocenters. The summed E-state index contributed by atoms with van der Waals surface area (Å²) in [4.78, 5) is 32.5. The predicted octanol–water partition coefficient (Wildman–Crippen LogP) is 2.13. The van der Waals surface area contributed by atoms with Crippen LogP contribution in [-0.4, -0.2) is 25.6 Å². The van der Waals surface area contributed by atoms with Gasteiger partial charge in [0.2, 0.25) is 5.95 Å². The zero-order valence-corrected chi connectivity index (χ0v) is 13.2. The summed E-state index contributed by atoms with van der Waals surface area (Å²) in [5, 5.41) is 9.92. The molecule has 3 N–H and O–H groups in total. The molecule has 2 aromatic rings. The number of carbonyl (C=O) groups is 1. The summed E-state index contributed by atoms with van der Waals surface area (Å²) in [6.07, 6.45) is 3.69. The van der Waals surface area contributed by atoms with Crippen LogP contribution in [0.4, 0.5) is 5.95 Å². The van der Waals surface area contributed by atoms with Crippen molar-refractivity contribution in [3.05, 3.63) is 27.7 Å². The number of nitrogens with zero attached hydrogens (tertiary/aromatic N) is 3. The lowest BCUT2D eigenvalue weighted by atomic mass is 9.87. The molecular weight excluding hydrogens is 296 g/mol. The van der Waals surface area contributed by atoms with Crippen LogP contribution in [0, 0.1) is 12.8 Å². The first-order chi connectivity index (χ1) is 10.9. The number of aromatic carboxylic acids is 1. The van der Waals surface area contributed by atoms with Crippen molar-refractivity contribution in [2.45, 2.75) is 45.6 Å². The first-order valence-corrected chi connectivity index (χ1v) is 7.81. The molecule has 23 heavy (non-hydrogen) atoms. The van der Waals surface area contributed by atoms with Crippen molar-refractivity contribution >= 4 is 23.0 Å². The van der Waals surface area contributed by atoms with Crippen molar-refractivity contribution in [2.24, 2.45) is 5.92 Å². The van der Waals surface area contributed by atoms with Crippen molar-refractivity contribution in [1.29, 1.82) is 0 Å². The Labute approximate surface area is 133 Å². The zero-order valence-electron chi connectivity index (χ0n) is 13.2. The molecule has 1 fully saturated rings. The van der Waals surface area contributed by atoms with Crippen molar-refractivity contribution in [1.82, 2.24) is 14.5 Å². The van der Waals surface area contributed by atoms with Gasteiger partial charge in [0, 0.05) is 11.4 Å². The van der Waals surface area contributed by atoms with Gasteiger partial charge in [0.15, 0.2) is 0 Å². The molecule has 0 radical (unpaired) electrons. The molecule has 122 valence electrons. The fourth-order valence-corrected chi connectivity index (χ4v) is 3.36. The van der Waals surface area contributed by atoms with E-state index in [1.54, 1.807) is 6.92 Å². The second-order valence-electron chi connectivity index (χ2n) is 6.36. The van der Waals surface area contributed by atoms with Gasteiger partial charge in [-0.25, -0.2) is 9.78 Å². The van der Waals surface area contributed by atoms with Gasteiger partial charge in [-0.2, -0.15) is 4.98 Å². The minimum Gasteiger partial charge on any atom is -0.477 e. The van der Waals surface area contributed by atoms with E-state index in [1.807, 2.05) is 0 Å². The van der Waals surface area contributed by atoms with Crippen LogP contribution in [0.25, 0.3) is 11.0 Å². The van der Waals surface area contributed by atoms with Gasteiger partial charge >= 0.3 is 5.97 Å². The van der Waals surface area contributed by atoms with Gasteiger partial charge in [0.1, 0.15) is 11.2 Å². The Balaban J connectivity index is 2.30. The molecule has 1 saturated carbocycles. The quantitative estimate of drug-likeness (QED) is 0.878. The largest absolute Gasteiger partial charge is 0.477 e. The Morgan fingerprint density at radius 1 is 1.30 bits per heavy atom. The minimum absolute atomic E-state index is 0.0470. The number of fused-ring (bicyclic) bond motifs is 1. The molecule has 0 unspecified atom stereocenters. The summed E-state index contributed by atoms with van der Waals surface area (Å²) in [5.41, 5.74) is 6.00. The third kappa shape index (κ3) is 2.67. The van der Waals surface area contributed by atoms with Gasteiger partial charge in [-0.1, -0.05) is 6.92 Å². The summed E-state index contributed by atoms with van der Waals surface area (Å²) in [7, 11) is 0. The number of carboxylic acid groups (broad SMARTS) is 1. The highest BCUT2D eigenvalue weighted by Crippen LogP contribution is 2.33. The topological polar surface area (TPSA) is 111 Å². The summed E-state index contributed by atoms with van der Waals surface area (Å²) in [6, 6.07) is 1.31. The lowest BCUT2D eigenvalue weighted by Crippen LogP contribution is -2.32. The molecular formula is C16H20N4O3. The van der Waals surface area contributed by atoms with Gasteiger partial charge in [-0.3, -0.25) is 9.36 Å². The second-order valence-corrected chi connectivity index (χ2v) is 6.36. The Kier molecular flexibility index (Phi) is 3.79. The molecule has 2 heterocycles. The highest BCUT2D eigenvalue weighted by molar-refractivity contribution is 5.92. The number of nitrogen functional groups attached to an aromatic ring is 1. The van der Waals surface area contributed by atoms with Crippen LogP contribution >= 0.6 is 0 Å². The van der Waals surface area contributed by atoms with Gasteiger partial charge in [0.05, 0.1) is 5.69 Å². The fourth-order valence-electron chi connectivity index (χ4n) is 3.36. The van der Waals surface area contributed by atoms with E-state index < -0.39 is 11.5 Å². The Morgan fingerprint density at radius 3 is 2.57 bits per heavy atom. The number of hydrogen-bond acceptors (Lipinski definition) is 5. The normalized spacial score (nSPS) is 21.5. The maximum atomic E-state index is 12.7. The molecule has 0 bridgehead atoms. The van der Waals surface area contributed by atoms with Crippen LogP contribution < -0.4 is 11.3 Å². The van der Waals surface area contributed by atoms with Crippen LogP contribution in [0.15, 0.2) is 10.9 Å². The summed E-state index contributed by atoms with van der Waals surface area (Å²) in [6.45, 7) is 3.93. The number of carboxylic acids is 1. The van der Waals surface area contributed by atoms with Crippen molar-refractivity contribution in [3.8, 4) is 0 Å². The van der Waals surface area contributed by atoms with E-state index in [9.17, 15) is 14.7 Å². The number of pyridine rings is 1. The van der Waals surface area contributed by atoms with E-state index in [0.717, 1.165) is 25.7 Å². The first-order valence-electron chi connectivity index (χ1n) is 7.81. The number of hydrogen-bond donors (Lipinski definition) is 2. The molecule has 2 aromatic heterocycles. The van der Waals surface area contributed by atoms with E-state index in [2.05, 4.69) is 16.9 Å². The average Bonchev–Trinajstić information content (AvgIpc) is 2.47. The predicted molar refractivity (Wildman–Crippen MR) is 86.6 cm³/mol. The molecule has 3 rings (SSSR count). The van der Waals surface area contributed by atoms with Gasteiger partial charge in [0.25, 0.3) is 5.56 Å². The first kappa shape index (κ1) is 15.5. The smallest absolute Gasteiger partial charge is 0.341 e. The molecule has 0 aromatic carbocycles. The number of aryl methyl sites for hydroxylation is 1. The van der Waals surface area contributed by atoms with Crippen molar-refractivity contribution in [3.63, 3.8) is 0 Å². The fraction of sp³-hybridized carbons (Fsp3) is 0.500. The van der Waals surface area contributed by atoms with Crippen molar-refractivity contribution < 1.29 is 9.90 Å². The number of rotatable bonds is 2. The van der Waals surface area contributed by atoms with E-state index in [-0.39, 0.29) is 17.6 Å². The third-order valence-electron chi connectivity index (χ3n) is 4.68. The molecule has 1 aliphatic rings. The standard InChI is InChI=1S/C16H20N4O3/c1-8-3-5-10(6-4-8)20-13-11(9(2)18-16(17)19-13)7-12(14(20)21)15(22)23/h7-8,10H,3-6H2,1-2H3,(H,22,23)(H2,17,18,19). The Bertz CT molecular complexity index is 835. The molecule has 7 nitrogen and oxygen atoms in total. The lowest BCUT2D eigenvalue weighted by molar-refractivity contribution is 0.0694. The van der Waals surface area contributed by atoms with E-state index in [4.69, 9.17) is 5.73 Å². The lowest BCUT2D eigenvalue weighted by Gasteiger charge is -2.28. The van der Waals surface area contributed by atoms with Crippen LogP contribution in [0.2, 0.25) is 0 Å². The highest BCUT2D eigenvalue weighted by Gasteiger charge is 2.26. The third-order valence-corrected chi connectivity index (χ3v) is 4.68. The maximum absolute atomic E-state index is 12.7. The van der Waals surface area contributed by atoms with E-state index in [0.29, 0.717) is 22.6 Å². The van der Waals surface area contributed by atoms with Gasteiger partial charge in [-0.05, 0) is 44.6 Å². The summed E-state index contributed by atoms with van der Waals surface area (Å²) >= 11 is 0. The molecule has 1 aliphatic carbocycles. The van der Waals surface area contributed by atoms with Gasteiger partial charge < -0.3 is 10.8 Å². The van der Waals surface area contributed by atoms with E-state index in [1.165, 1.54) is 10.6 Å². The number of anilines is 1. The summed E-state index contributed by atoms with van der Waals surface area (Å²) in [5.74, 6) is -0.515. The average molecular weight is 316 g/mol. The Morgan fingerprint density at radius 2 is 1.96 bits per heavy atom. The zero-order chi connectivity index (χ0) is 16.7. The highest BCUT2D eigenvalue weighted by atomic mass is 16.4. The minimum atomic E-state index is -1.23. The monoisotopic (exact) mass is 316 g/mol. The molecule has 7 heteroatoms. The number of nitrogens with two attached hydrogens (primary N) is 1. The molecule has 0 amide bonds. The SMILES string of the molecule is Cc1nc(N)nc2c1cc(C(=O)O)c(=O)n2C1CCC(C)CC1. The van der Waals surface area contributed by atoms with Gasteiger partial charge in [-0.15, -0.1) is 0 Å². The molecule has 0 saturated heterocycles. The molecule has 0 aliphatic heterocycles. The van der Waals surface area contributed by atoms with E-state index >= 15 is 0 Å².